The van der Waals surface area contributed by atoms with Crippen LogP contribution in [0.25, 0.3) is 11.0 Å². The molecule has 3 aromatic heterocycles. The van der Waals surface area contributed by atoms with E-state index in [-0.39, 0.29) is 29.8 Å². The Morgan fingerprint density at radius 1 is 1.33 bits per heavy atom. The zero-order valence-corrected chi connectivity index (χ0v) is 18.0. The molecular weight excluding hydrogens is 486 g/mol. The van der Waals surface area contributed by atoms with E-state index < -0.39 is 21.0 Å². The number of fused-ring (bicyclic) bond motifs is 1. The Kier molecular flexibility index (Phi) is 6.22. The number of nitrogens with zero attached hydrogens (tertiary/aromatic N) is 8. The highest BCUT2D eigenvalue weighted by atomic mass is 35.6. The fourth-order valence-electron chi connectivity index (χ4n) is 2.85. The van der Waals surface area contributed by atoms with Crippen LogP contribution in [0.5, 0.6) is 0 Å². The summed E-state index contributed by atoms with van der Waals surface area (Å²) < 4.78 is 0.162. The molecule has 16 heteroatoms. The van der Waals surface area contributed by atoms with Crippen LogP contribution in [0.3, 0.4) is 0 Å². The summed E-state index contributed by atoms with van der Waals surface area (Å²) in [5.41, 5.74) is 0.141. The molecule has 1 atom stereocenters. The van der Waals surface area contributed by atoms with E-state index in [0.717, 1.165) is 15.8 Å². The second kappa shape index (κ2) is 8.38. The predicted molar refractivity (Wildman–Crippen MR) is 108 cm³/mol. The molecule has 12 nitrogen and oxygen atoms in total. The zero-order valence-electron chi connectivity index (χ0n) is 15.0. The van der Waals surface area contributed by atoms with Crippen LogP contribution in [0.2, 0.25) is 5.28 Å². The topological polar surface area (TPSA) is 145 Å². The van der Waals surface area contributed by atoms with E-state index in [2.05, 4.69) is 20.1 Å². The zero-order chi connectivity index (χ0) is 22.2. The number of carbonyl (C=O) groups is 1. The van der Waals surface area contributed by atoms with Gasteiger partial charge in [0.25, 0.3) is 0 Å². The maximum absolute atomic E-state index is 12.0. The molecule has 0 saturated heterocycles. The van der Waals surface area contributed by atoms with Crippen molar-refractivity contribution in [2.45, 2.75) is 23.4 Å². The van der Waals surface area contributed by atoms with Crippen LogP contribution < -0.4 is 0 Å². The van der Waals surface area contributed by atoms with Gasteiger partial charge < -0.3 is 15.2 Å². The maximum atomic E-state index is 12.0. The Bertz CT molecular complexity index is 1110. The summed E-state index contributed by atoms with van der Waals surface area (Å²) >= 11 is 24.1. The fraction of sp³-hybridized carbons (Fsp3) is 0.357. The average Bonchev–Trinajstić information content (AvgIpc) is 3.20. The summed E-state index contributed by atoms with van der Waals surface area (Å²) in [6.07, 6.45) is 0.904. The molecule has 0 saturated carbocycles. The van der Waals surface area contributed by atoms with Gasteiger partial charge in [0.15, 0.2) is 17.6 Å². The molecule has 30 heavy (non-hydrogen) atoms. The van der Waals surface area contributed by atoms with Crippen LogP contribution in [0.15, 0.2) is 18.6 Å². The average molecular weight is 498 g/mol. The van der Waals surface area contributed by atoms with E-state index in [9.17, 15) is 20.0 Å². The minimum atomic E-state index is -2.18. The lowest BCUT2D eigenvalue weighted by Gasteiger charge is -2.33. The number of nitro groups is 1. The maximum Gasteiger partial charge on any atom is 0.409 e. The monoisotopic (exact) mass is 496 g/mol. The van der Waals surface area contributed by atoms with Crippen LogP contribution >= 0.6 is 46.4 Å². The van der Waals surface area contributed by atoms with Gasteiger partial charge in [-0.1, -0.05) is 34.8 Å². The number of alkyl halides is 3. The molecule has 1 unspecified atom stereocenters. The third-order valence-electron chi connectivity index (χ3n) is 4.16. The number of halogens is 4. The first kappa shape index (κ1) is 22.3. The van der Waals surface area contributed by atoms with Gasteiger partial charge in [-0.25, -0.2) is 24.0 Å². The van der Waals surface area contributed by atoms with Crippen molar-refractivity contribution in [2.24, 2.45) is 0 Å². The summed E-state index contributed by atoms with van der Waals surface area (Å²) in [5, 5.41) is 25.4. The first-order chi connectivity index (χ1) is 14.0. The largest absolute Gasteiger partial charge is 0.465 e. The lowest BCUT2D eigenvalue weighted by molar-refractivity contribution is -0.392. The number of imidazole rings is 1. The predicted octanol–water partition coefficient (Wildman–Crippen LogP) is 3.44. The molecule has 0 aliphatic carbocycles. The molecule has 1 amide bonds. The Morgan fingerprint density at radius 2 is 2.03 bits per heavy atom. The van der Waals surface area contributed by atoms with Gasteiger partial charge in [0, 0.05) is 13.1 Å². The second-order valence-electron chi connectivity index (χ2n) is 5.97. The fourth-order valence-corrected chi connectivity index (χ4v) is 3.61. The molecule has 0 spiro atoms. The Morgan fingerprint density at radius 3 is 2.63 bits per heavy atom. The highest BCUT2D eigenvalue weighted by Gasteiger charge is 2.43. The van der Waals surface area contributed by atoms with Crippen molar-refractivity contribution in [1.82, 2.24) is 34.2 Å². The summed E-state index contributed by atoms with van der Waals surface area (Å²) in [4.78, 5) is 35.1. The van der Waals surface area contributed by atoms with Crippen LogP contribution in [0.1, 0.15) is 12.0 Å². The molecule has 0 fully saturated rings. The number of rotatable bonds is 6. The van der Waals surface area contributed by atoms with Gasteiger partial charge >= 0.3 is 11.9 Å². The van der Waals surface area contributed by atoms with Gasteiger partial charge in [-0.2, -0.15) is 10.1 Å². The van der Waals surface area contributed by atoms with Crippen molar-refractivity contribution in [2.75, 3.05) is 6.54 Å². The van der Waals surface area contributed by atoms with E-state index >= 15 is 0 Å². The van der Waals surface area contributed by atoms with Crippen LogP contribution in [-0.2, 0) is 6.54 Å². The van der Waals surface area contributed by atoms with E-state index in [1.165, 1.54) is 17.0 Å². The van der Waals surface area contributed by atoms with Gasteiger partial charge in [0.1, 0.15) is 12.7 Å². The van der Waals surface area contributed by atoms with Crippen molar-refractivity contribution in [3.05, 3.63) is 39.8 Å². The van der Waals surface area contributed by atoms with Gasteiger partial charge in [-0.3, -0.25) is 4.90 Å². The van der Waals surface area contributed by atoms with Crippen molar-refractivity contribution >= 4 is 69.3 Å². The van der Waals surface area contributed by atoms with Gasteiger partial charge in [0.05, 0.1) is 18.1 Å². The van der Waals surface area contributed by atoms with Crippen molar-refractivity contribution < 1.29 is 14.8 Å². The molecular formula is C14H12Cl4N8O4. The SMILES string of the molecule is Cc1ncc([N+](=O)[O-])n1CCN(C(=O)O)C(n1ncc2cnc(Cl)nc21)C(Cl)(Cl)Cl. The van der Waals surface area contributed by atoms with E-state index in [1.54, 1.807) is 6.92 Å². The quantitative estimate of drug-likeness (QED) is 0.236. The lowest BCUT2D eigenvalue weighted by atomic mass is 10.4. The molecule has 160 valence electrons. The van der Waals surface area contributed by atoms with Gasteiger partial charge in [0.2, 0.25) is 9.08 Å². The number of amides is 1. The second-order valence-corrected chi connectivity index (χ2v) is 8.68. The van der Waals surface area contributed by atoms with E-state index in [1.807, 2.05) is 0 Å². The Hall–Kier alpha value is -2.41. The van der Waals surface area contributed by atoms with Crippen molar-refractivity contribution in [1.29, 1.82) is 0 Å². The summed E-state index contributed by atoms with van der Waals surface area (Å²) in [7, 11) is 0. The highest BCUT2D eigenvalue weighted by Crippen LogP contribution is 2.41. The Balaban J connectivity index is 2.02. The number of aryl methyl sites for hydroxylation is 1. The molecule has 0 aliphatic rings. The molecule has 0 aromatic carbocycles. The molecule has 3 heterocycles. The molecule has 0 aliphatic heterocycles. The normalized spacial score (nSPS) is 12.8. The third-order valence-corrected chi connectivity index (χ3v) is 4.92. The molecule has 3 aromatic rings. The number of hydrogen-bond donors (Lipinski definition) is 1. The lowest BCUT2D eigenvalue weighted by Crippen LogP contribution is -2.45. The molecule has 0 radical (unpaired) electrons. The highest BCUT2D eigenvalue weighted by molar-refractivity contribution is 6.67. The number of carboxylic acid groups (broad SMARTS) is 1. The van der Waals surface area contributed by atoms with E-state index in [0.29, 0.717) is 11.2 Å². The summed E-state index contributed by atoms with van der Waals surface area (Å²) in [6, 6.07) is 0. The van der Waals surface area contributed by atoms with Crippen LogP contribution in [-0.4, -0.2) is 60.7 Å². The van der Waals surface area contributed by atoms with Crippen molar-refractivity contribution in [3.8, 4) is 0 Å². The van der Waals surface area contributed by atoms with Crippen LogP contribution in [0.4, 0.5) is 10.6 Å². The first-order valence-electron chi connectivity index (χ1n) is 8.09. The Labute approximate surface area is 188 Å². The smallest absolute Gasteiger partial charge is 0.409 e. The molecule has 3 rings (SSSR count). The summed E-state index contributed by atoms with van der Waals surface area (Å²) in [5.74, 6) is 0.0221. The van der Waals surface area contributed by atoms with Crippen molar-refractivity contribution in [3.63, 3.8) is 0 Å². The minimum Gasteiger partial charge on any atom is -0.465 e. The standard InChI is InChI=1S/C14H12Cl4N8O4/c1-7-19-6-9(26(29)30)23(7)2-3-24(13(27)28)11(14(16,17)18)25-10-8(5-21-25)4-20-12(15)22-10/h4-6,11H,2-3H2,1H3,(H,27,28). The number of hydrogen-bond acceptors (Lipinski definition) is 7. The van der Waals surface area contributed by atoms with Gasteiger partial charge in [-0.05, 0) is 16.5 Å². The van der Waals surface area contributed by atoms with Crippen LogP contribution in [0, 0.1) is 17.0 Å². The minimum absolute atomic E-state index is 0.112. The summed E-state index contributed by atoms with van der Waals surface area (Å²) in [6.45, 7) is 1.14. The van der Waals surface area contributed by atoms with E-state index in [4.69, 9.17) is 46.4 Å². The van der Waals surface area contributed by atoms with Gasteiger partial charge in [-0.15, -0.1) is 0 Å². The number of aromatic nitrogens is 6. The first-order valence-corrected chi connectivity index (χ1v) is 9.60. The molecule has 1 N–H and O–H groups in total. The third kappa shape index (κ3) is 4.36. The molecule has 0 bridgehead atoms.